The molecular weight excluding hydrogens is 328 g/mol. The zero-order valence-corrected chi connectivity index (χ0v) is 17.4. The first-order chi connectivity index (χ1) is 11.7. The fourth-order valence-electron chi connectivity index (χ4n) is 6.49. The van der Waals surface area contributed by atoms with Crippen molar-refractivity contribution in [2.24, 2.45) is 33.5 Å². The highest BCUT2D eigenvalue weighted by Gasteiger charge is 2.83. The van der Waals surface area contributed by atoms with Crippen LogP contribution in [0.4, 0.5) is 0 Å². The Balaban J connectivity index is 1.59. The molecule has 4 fully saturated rings. The molecule has 0 N–H and O–H groups in total. The van der Waals surface area contributed by atoms with Gasteiger partial charge in [0, 0.05) is 12.3 Å². The molecule has 3 saturated carbocycles. The van der Waals surface area contributed by atoms with E-state index in [1.165, 1.54) is 0 Å². The standard InChI is InChI=1S/C22H34O4/c1-18(2,3)11-20(7,19(4,5)6)16(23)26-21-10-13-8-14(21)22(12-21)15(9-13)25-17(22)24/h13-15H,8-12H2,1-7H3. The van der Waals surface area contributed by atoms with Crippen LogP contribution in [-0.2, 0) is 19.1 Å². The van der Waals surface area contributed by atoms with Crippen molar-refractivity contribution in [3.05, 3.63) is 0 Å². The molecule has 1 aliphatic heterocycles. The number of hydrogen-bond acceptors (Lipinski definition) is 4. The van der Waals surface area contributed by atoms with Crippen LogP contribution in [0.5, 0.6) is 0 Å². The molecule has 0 aromatic rings. The zero-order chi connectivity index (χ0) is 19.3. The van der Waals surface area contributed by atoms with Crippen LogP contribution in [-0.4, -0.2) is 23.6 Å². The van der Waals surface area contributed by atoms with Crippen molar-refractivity contribution in [1.82, 2.24) is 0 Å². The summed E-state index contributed by atoms with van der Waals surface area (Å²) in [7, 11) is 0. The Morgan fingerprint density at radius 1 is 1.15 bits per heavy atom. The second-order valence-corrected chi connectivity index (χ2v) is 12.0. The van der Waals surface area contributed by atoms with Crippen LogP contribution >= 0.6 is 0 Å². The normalized spacial score (nSPS) is 42.7. The lowest BCUT2D eigenvalue weighted by Gasteiger charge is -2.65. The number of ether oxygens (including phenoxy) is 2. The van der Waals surface area contributed by atoms with Gasteiger partial charge in [0.1, 0.15) is 17.1 Å². The molecule has 0 aromatic heterocycles. The van der Waals surface area contributed by atoms with Crippen LogP contribution in [0.2, 0.25) is 0 Å². The fraction of sp³-hybridized carbons (Fsp3) is 0.909. The Hall–Kier alpha value is -1.06. The highest BCUT2D eigenvalue weighted by molar-refractivity contribution is 5.87. The summed E-state index contributed by atoms with van der Waals surface area (Å²) < 4.78 is 11.8. The van der Waals surface area contributed by atoms with Crippen molar-refractivity contribution < 1.29 is 19.1 Å². The number of fused-ring (bicyclic) bond motifs is 1. The van der Waals surface area contributed by atoms with Gasteiger partial charge < -0.3 is 9.47 Å². The van der Waals surface area contributed by atoms with Gasteiger partial charge in [0.2, 0.25) is 0 Å². The van der Waals surface area contributed by atoms with E-state index < -0.39 is 11.0 Å². The molecular formula is C22H34O4. The second-order valence-electron chi connectivity index (χ2n) is 12.0. The largest absolute Gasteiger partial charge is 0.461 e. The Labute approximate surface area is 157 Å². The third kappa shape index (κ3) is 2.13. The van der Waals surface area contributed by atoms with E-state index in [1.807, 2.05) is 0 Å². The molecule has 4 heteroatoms. The maximum atomic E-state index is 13.5. The maximum Gasteiger partial charge on any atom is 0.316 e. The van der Waals surface area contributed by atoms with Crippen molar-refractivity contribution in [2.45, 2.75) is 92.3 Å². The van der Waals surface area contributed by atoms with Gasteiger partial charge in [0.05, 0.1) is 5.41 Å². The topological polar surface area (TPSA) is 52.6 Å². The van der Waals surface area contributed by atoms with Gasteiger partial charge in [-0.2, -0.15) is 0 Å². The summed E-state index contributed by atoms with van der Waals surface area (Å²) in [5.41, 5.74) is -1.45. The summed E-state index contributed by atoms with van der Waals surface area (Å²) in [6, 6.07) is 0. The minimum Gasteiger partial charge on any atom is -0.461 e. The molecule has 0 radical (unpaired) electrons. The third-order valence-electron chi connectivity index (χ3n) is 8.09. The molecule has 0 amide bonds. The highest BCUT2D eigenvalue weighted by Crippen LogP contribution is 2.75. The first kappa shape index (κ1) is 18.3. The molecule has 6 unspecified atom stereocenters. The minimum atomic E-state index is -0.557. The van der Waals surface area contributed by atoms with Crippen LogP contribution in [0.15, 0.2) is 0 Å². The Morgan fingerprint density at radius 3 is 2.35 bits per heavy atom. The van der Waals surface area contributed by atoms with Gasteiger partial charge in [-0.05, 0) is 49.4 Å². The van der Waals surface area contributed by atoms with Crippen molar-refractivity contribution in [3.8, 4) is 0 Å². The molecule has 1 spiro atoms. The van der Waals surface area contributed by atoms with Crippen molar-refractivity contribution in [2.75, 3.05) is 0 Å². The number of hydrogen-bond donors (Lipinski definition) is 0. The first-order valence-corrected chi connectivity index (χ1v) is 10.2. The molecule has 4 rings (SSSR count). The van der Waals surface area contributed by atoms with E-state index in [2.05, 4.69) is 48.5 Å². The lowest BCUT2D eigenvalue weighted by Crippen LogP contribution is -2.75. The summed E-state index contributed by atoms with van der Waals surface area (Å²) >= 11 is 0. The summed E-state index contributed by atoms with van der Waals surface area (Å²) in [6.45, 7) is 15.0. The predicted octanol–water partition coefficient (Wildman–Crippen LogP) is 4.50. The third-order valence-corrected chi connectivity index (χ3v) is 8.09. The van der Waals surface area contributed by atoms with Crippen molar-refractivity contribution in [1.29, 1.82) is 0 Å². The summed E-state index contributed by atoms with van der Waals surface area (Å²) in [5, 5.41) is 0. The van der Waals surface area contributed by atoms with E-state index in [4.69, 9.17) is 9.47 Å². The van der Waals surface area contributed by atoms with E-state index in [0.29, 0.717) is 12.3 Å². The van der Waals surface area contributed by atoms with Gasteiger partial charge in [0.25, 0.3) is 0 Å². The van der Waals surface area contributed by atoms with Crippen LogP contribution in [0, 0.1) is 33.5 Å². The summed E-state index contributed by atoms with van der Waals surface area (Å²) in [5.74, 6) is 0.590. The van der Waals surface area contributed by atoms with E-state index >= 15 is 0 Å². The zero-order valence-electron chi connectivity index (χ0n) is 17.4. The minimum absolute atomic E-state index is 0.0357. The molecule has 4 aliphatic rings. The summed E-state index contributed by atoms with van der Waals surface area (Å²) in [6.07, 6.45) is 4.43. The molecule has 2 bridgehead atoms. The molecule has 3 aliphatic carbocycles. The number of carbonyl (C=O) groups excluding carboxylic acids is 2. The highest BCUT2D eigenvalue weighted by atomic mass is 16.6. The number of carbonyl (C=O) groups is 2. The Bertz CT molecular complexity index is 669. The second kappa shape index (κ2) is 4.86. The van der Waals surface area contributed by atoms with Gasteiger partial charge in [-0.15, -0.1) is 0 Å². The summed E-state index contributed by atoms with van der Waals surface area (Å²) in [4.78, 5) is 25.7. The molecule has 4 nitrogen and oxygen atoms in total. The molecule has 146 valence electrons. The van der Waals surface area contributed by atoms with Crippen molar-refractivity contribution in [3.63, 3.8) is 0 Å². The average Bonchev–Trinajstić information content (AvgIpc) is 2.60. The van der Waals surface area contributed by atoms with Gasteiger partial charge in [-0.1, -0.05) is 41.5 Å². The van der Waals surface area contributed by atoms with Crippen LogP contribution in [0.1, 0.15) is 80.6 Å². The van der Waals surface area contributed by atoms with Gasteiger partial charge in [-0.25, -0.2) is 0 Å². The van der Waals surface area contributed by atoms with Crippen LogP contribution in [0.3, 0.4) is 0 Å². The molecule has 1 saturated heterocycles. The Morgan fingerprint density at radius 2 is 1.81 bits per heavy atom. The molecule has 1 heterocycles. The van der Waals surface area contributed by atoms with Crippen LogP contribution < -0.4 is 0 Å². The van der Waals surface area contributed by atoms with E-state index in [0.717, 1.165) is 25.7 Å². The van der Waals surface area contributed by atoms with E-state index in [1.54, 1.807) is 0 Å². The van der Waals surface area contributed by atoms with E-state index in [9.17, 15) is 9.59 Å². The lowest BCUT2D eigenvalue weighted by molar-refractivity contribution is -0.292. The van der Waals surface area contributed by atoms with Crippen molar-refractivity contribution >= 4 is 11.9 Å². The lowest BCUT2D eigenvalue weighted by atomic mass is 9.46. The molecule has 26 heavy (non-hydrogen) atoms. The SMILES string of the molecule is CC(C)(C)CC(C)(C(=O)OC12CC3CC4OC(=O)C4(C1)C2C3)C(C)(C)C. The quantitative estimate of drug-likeness (QED) is 0.694. The smallest absolute Gasteiger partial charge is 0.316 e. The van der Waals surface area contributed by atoms with Gasteiger partial charge >= 0.3 is 11.9 Å². The van der Waals surface area contributed by atoms with Gasteiger partial charge in [-0.3, -0.25) is 9.59 Å². The Kier molecular flexibility index (Phi) is 3.42. The number of esters is 2. The van der Waals surface area contributed by atoms with Crippen LogP contribution in [0.25, 0.3) is 0 Å². The molecule has 0 aromatic carbocycles. The predicted molar refractivity (Wildman–Crippen MR) is 98.2 cm³/mol. The number of rotatable bonds is 3. The maximum absolute atomic E-state index is 13.5. The van der Waals surface area contributed by atoms with Gasteiger partial charge in [0.15, 0.2) is 0 Å². The fourth-order valence-corrected chi connectivity index (χ4v) is 6.49. The first-order valence-electron chi connectivity index (χ1n) is 10.2. The monoisotopic (exact) mass is 362 g/mol. The van der Waals surface area contributed by atoms with E-state index in [-0.39, 0.29) is 40.2 Å². The molecule has 6 atom stereocenters. The average molecular weight is 363 g/mol.